The molecule has 0 aromatic heterocycles. The molecule has 1 aliphatic heterocycles. The summed E-state index contributed by atoms with van der Waals surface area (Å²) in [4.78, 5) is 0.808. The molecule has 14 heavy (non-hydrogen) atoms. The quantitative estimate of drug-likeness (QED) is 0.744. The maximum absolute atomic E-state index is 11.9. The molecule has 0 spiro atoms. The van der Waals surface area contributed by atoms with Crippen molar-refractivity contribution in [2.24, 2.45) is 0 Å². The van der Waals surface area contributed by atoms with Crippen molar-refractivity contribution in [2.45, 2.75) is 11.8 Å². The highest BCUT2D eigenvalue weighted by molar-refractivity contribution is 7.97. The summed E-state index contributed by atoms with van der Waals surface area (Å²) in [6.45, 7) is 1.88. The predicted molar refractivity (Wildman–Crippen MR) is 60.2 cm³/mol. The van der Waals surface area contributed by atoms with Gasteiger partial charge in [0.2, 0.25) is 9.84 Å². The molecule has 0 bridgehead atoms. The third kappa shape index (κ3) is 1.29. The minimum atomic E-state index is -3.23. The molecule has 0 fully saturated rings. The maximum atomic E-state index is 11.9. The second kappa shape index (κ2) is 3.14. The summed E-state index contributed by atoms with van der Waals surface area (Å²) in [7, 11) is -3.23. The summed E-state index contributed by atoms with van der Waals surface area (Å²) in [6, 6.07) is 5.45. The third-order valence-electron chi connectivity index (χ3n) is 2.28. The molecule has 2 rings (SSSR count). The zero-order valence-corrected chi connectivity index (χ0v) is 9.40. The van der Waals surface area contributed by atoms with Gasteiger partial charge >= 0.3 is 0 Å². The van der Waals surface area contributed by atoms with Crippen LogP contribution < -0.4 is 0 Å². The second-order valence-corrected chi connectivity index (χ2v) is 5.60. The lowest BCUT2D eigenvalue weighted by Gasteiger charge is -2.01. The van der Waals surface area contributed by atoms with Gasteiger partial charge in [0.1, 0.15) is 0 Å². The average molecular weight is 226 g/mol. The summed E-state index contributed by atoms with van der Waals surface area (Å²) in [6.07, 6.45) is 1.69. The third-order valence-corrected chi connectivity index (χ3v) is 4.72. The van der Waals surface area contributed by atoms with Gasteiger partial charge in [-0.1, -0.05) is 12.1 Å². The van der Waals surface area contributed by atoms with Gasteiger partial charge in [-0.15, -0.1) is 0 Å². The van der Waals surface area contributed by atoms with Crippen LogP contribution in [-0.2, 0) is 9.84 Å². The van der Waals surface area contributed by atoms with E-state index in [9.17, 15) is 8.42 Å². The Morgan fingerprint density at radius 2 is 2.07 bits per heavy atom. The Bertz CT molecular complexity index is 513. The highest BCUT2D eigenvalue weighted by atomic mass is 32.2. The van der Waals surface area contributed by atoms with E-state index in [1.165, 1.54) is 0 Å². The standard InChI is InChI=1S/C10H10O2S2/c1-7-2-3-8-5-9(6-13)14(11,12)10(8)4-7/h2-5,13H,6H2,1H3. The van der Waals surface area contributed by atoms with Crippen LogP contribution in [0.1, 0.15) is 11.1 Å². The molecule has 0 aliphatic carbocycles. The van der Waals surface area contributed by atoms with E-state index in [-0.39, 0.29) is 5.75 Å². The SMILES string of the molecule is Cc1ccc2c(c1)S(=O)(=O)C(CS)=C2. The molecule has 1 aromatic carbocycles. The fraction of sp³-hybridized carbons (Fsp3) is 0.200. The van der Waals surface area contributed by atoms with Crippen LogP contribution in [0.2, 0.25) is 0 Å². The second-order valence-electron chi connectivity index (χ2n) is 3.31. The fourth-order valence-corrected chi connectivity index (χ4v) is 3.63. The van der Waals surface area contributed by atoms with Crippen molar-refractivity contribution < 1.29 is 8.42 Å². The molecular weight excluding hydrogens is 216 g/mol. The molecule has 0 amide bonds. The largest absolute Gasteiger partial charge is 0.219 e. The van der Waals surface area contributed by atoms with Crippen molar-refractivity contribution in [3.63, 3.8) is 0 Å². The van der Waals surface area contributed by atoms with Crippen LogP contribution in [0.5, 0.6) is 0 Å². The fourth-order valence-electron chi connectivity index (χ4n) is 1.52. The maximum Gasteiger partial charge on any atom is 0.204 e. The van der Waals surface area contributed by atoms with Gasteiger partial charge in [0, 0.05) is 5.75 Å². The van der Waals surface area contributed by atoms with Crippen molar-refractivity contribution in [3.8, 4) is 0 Å². The number of thiol groups is 1. The van der Waals surface area contributed by atoms with Gasteiger partial charge in [-0.05, 0) is 30.2 Å². The molecule has 0 radical (unpaired) electrons. The summed E-state index contributed by atoms with van der Waals surface area (Å²) in [5, 5.41) is 0. The van der Waals surface area contributed by atoms with Crippen LogP contribution in [0, 0.1) is 6.92 Å². The van der Waals surface area contributed by atoms with Gasteiger partial charge in [0.15, 0.2) is 0 Å². The molecule has 0 N–H and O–H groups in total. The molecular formula is C10H10O2S2. The molecule has 2 nitrogen and oxygen atoms in total. The Hall–Kier alpha value is -0.740. The summed E-state index contributed by atoms with van der Waals surface area (Å²) < 4.78 is 23.7. The van der Waals surface area contributed by atoms with E-state index in [1.807, 2.05) is 19.1 Å². The van der Waals surface area contributed by atoms with E-state index in [0.29, 0.717) is 9.80 Å². The lowest BCUT2D eigenvalue weighted by Crippen LogP contribution is -2.01. The van der Waals surface area contributed by atoms with Gasteiger partial charge in [0.05, 0.1) is 9.80 Å². The summed E-state index contributed by atoms with van der Waals surface area (Å²) in [5.74, 6) is 0.260. The molecule has 0 saturated carbocycles. The Morgan fingerprint density at radius 3 is 2.71 bits per heavy atom. The van der Waals surface area contributed by atoms with Gasteiger partial charge in [-0.25, -0.2) is 8.42 Å². The molecule has 4 heteroatoms. The lowest BCUT2D eigenvalue weighted by atomic mass is 10.1. The van der Waals surface area contributed by atoms with Crippen LogP contribution in [-0.4, -0.2) is 14.2 Å². The van der Waals surface area contributed by atoms with E-state index in [0.717, 1.165) is 11.1 Å². The van der Waals surface area contributed by atoms with E-state index in [2.05, 4.69) is 12.6 Å². The number of aryl methyl sites for hydroxylation is 1. The summed E-state index contributed by atoms with van der Waals surface area (Å²) >= 11 is 4.01. The normalized spacial score (nSPS) is 17.7. The molecule has 1 heterocycles. The highest BCUT2D eigenvalue weighted by Gasteiger charge is 2.28. The van der Waals surface area contributed by atoms with Crippen molar-refractivity contribution >= 4 is 28.5 Å². The number of hydrogen-bond acceptors (Lipinski definition) is 3. The van der Waals surface area contributed by atoms with Crippen LogP contribution in [0.15, 0.2) is 28.0 Å². The average Bonchev–Trinajstić information content (AvgIpc) is 2.38. The van der Waals surface area contributed by atoms with Crippen LogP contribution in [0.25, 0.3) is 6.08 Å². The summed E-state index contributed by atoms with van der Waals surface area (Å²) in [5.41, 5.74) is 1.74. The van der Waals surface area contributed by atoms with E-state index >= 15 is 0 Å². The number of benzene rings is 1. The van der Waals surface area contributed by atoms with Gasteiger partial charge in [-0.3, -0.25) is 0 Å². The Kier molecular flexibility index (Phi) is 2.20. The van der Waals surface area contributed by atoms with E-state index < -0.39 is 9.84 Å². The molecule has 74 valence electrons. The topological polar surface area (TPSA) is 34.1 Å². The Labute approximate surface area is 89.0 Å². The first-order chi connectivity index (χ1) is 6.55. The highest BCUT2D eigenvalue weighted by Crippen LogP contribution is 2.33. The molecule has 1 aliphatic rings. The van der Waals surface area contributed by atoms with Gasteiger partial charge < -0.3 is 0 Å². The lowest BCUT2D eigenvalue weighted by molar-refractivity contribution is 0.603. The Morgan fingerprint density at radius 1 is 1.36 bits per heavy atom. The first kappa shape index (κ1) is 9.80. The van der Waals surface area contributed by atoms with E-state index in [1.54, 1.807) is 12.1 Å². The minimum absolute atomic E-state index is 0.260. The van der Waals surface area contributed by atoms with E-state index in [4.69, 9.17) is 0 Å². The van der Waals surface area contributed by atoms with Crippen molar-refractivity contribution in [1.29, 1.82) is 0 Å². The van der Waals surface area contributed by atoms with Gasteiger partial charge in [0.25, 0.3) is 0 Å². The molecule has 0 saturated heterocycles. The smallest absolute Gasteiger partial charge is 0.204 e. The van der Waals surface area contributed by atoms with Crippen molar-refractivity contribution in [1.82, 2.24) is 0 Å². The Balaban J connectivity index is 2.71. The first-order valence-corrected chi connectivity index (χ1v) is 6.34. The molecule has 0 atom stereocenters. The zero-order chi connectivity index (χ0) is 10.3. The van der Waals surface area contributed by atoms with Gasteiger partial charge in [-0.2, -0.15) is 12.6 Å². The van der Waals surface area contributed by atoms with Crippen LogP contribution in [0.4, 0.5) is 0 Å². The number of rotatable bonds is 1. The predicted octanol–water partition coefficient (Wildman–Crippen LogP) is 2.05. The molecule has 0 unspecified atom stereocenters. The monoisotopic (exact) mass is 226 g/mol. The first-order valence-electron chi connectivity index (χ1n) is 4.23. The van der Waals surface area contributed by atoms with Crippen molar-refractivity contribution in [2.75, 3.05) is 5.75 Å². The van der Waals surface area contributed by atoms with Crippen LogP contribution >= 0.6 is 12.6 Å². The number of fused-ring (bicyclic) bond motifs is 1. The van der Waals surface area contributed by atoms with Crippen molar-refractivity contribution in [3.05, 3.63) is 34.2 Å². The van der Waals surface area contributed by atoms with Crippen LogP contribution in [0.3, 0.4) is 0 Å². The number of hydrogen-bond donors (Lipinski definition) is 1. The molecule has 1 aromatic rings. The minimum Gasteiger partial charge on any atom is -0.219 e. The zero-order valence-electron chi connectivity index (χ0n) is 7.69. The number of sulfone groups is 1.